The normalized spacial score (nSPS) is 8.56. The Labute approximate surface area is 115 Å². The minimum atomic E-state index is 0.150. The first-order valence-electron chi connectivity index (χ1n) is 7.48. The lowest BCUT2D eigenvalue weighted by molar-refractivity contribution is -0.120. The number of methoxy groups -OCH3 is 1. The van der Waals surface area contributed by atoms with Crippen molar-refractivity contribution >= 4 is 5.91 Å². The molecular formula is C15H35NO2. The molecule has 0 fully saturated rings. The van der Waals surface area contributed by atoms with Crippen LogP contribution < -0.4 is 5.32 Å². The fraction of sp³-hybridized carbons (Fsp3) is 0.933. The highest BCUT2D eigenvalue weighted by Gasteiger charge is 1.94. The monoisotopic (exact) mass is 261 g/mol. The smallest absolute Gasteiger partial charge is 0.219 e. The van der Waals surface area contributed by atoms with Gasteiger partial charge >= 0.3 is 0 Å². The maximum atomic E-state index is 10.8. The molecule has 0 radical (unpaired) electrons. The van der Waals surface area contributed by atoms with Gasteiger partial charge in [-0.15, -0.1) is 0 Å². The van der Waals surface area contributed by atoms with Crippen LogP contribution in [0.2, 0.25) is 0 Å². The molecule has 18 heavy (non-hydrogen) atoms. The molecule has 3 nitrogen and oxygen atoms in total. The van der Waals surface area contributed by atoms with Crippen LogP contribution in [0, 0.1) is 0 Å². The van der Waals surface area contributed by atoms with Gasteiger partial charge in [0, 0.05) is 26.7 Å². The Bertz CT molecular complexity index is 138. The molecule has 0 saturated heterocycles. The Kier molecular flexibility index (Phi) is 31.8. The number of carbonyl (C=O) groups is 1. The molecule has 0 heterocycles. The van der Waals surface area contributed by atoms with Gasteiger partial charge < -0.3 is 10.1 Å². The molecule has 0 atom stereocenters. The van der Waals surface area contributed by atoms with Crippen LogP contribution >= 0.6 is 0 Å². The van der Waals surface area contributed by atoms with Crippen LogP contribution in [0.5, 0.6) is 0 Å². The van der Waals surface area contributed by atoms with Crippen molar-refractivity contribution in [2.24, 2.45) is 0 Å². The molecule has 0 aliphatic heterocycles. The van der Waals surface area contributed by atoms with Gasteiger partial charge in [-0.2, -0.15) is 0 Å². The molecule has 0 aliphatic carbocycles. The van der Waals surface area contributed by atoms with E-state index in [1.54, 1.807) is 7.11 Å². The molecule has 0 bridgehead atoms. The number of ether oxygens (including phenoxy) is 1. The first kappa shape index (κ1) is 22.6. The summed E-state index contributed by atoms with van der Waals surface area (Å²) in [6, 6.07) is 0. The number of unbranched alkanes of at least 4 members (excludes halogenated alkanes) is 3. The van der Waals surface area contributed by atoms with Crippen LogP contribution in [0.1, 0.15) is 73.1 Å². The lowest BCUT2D eigenvalue weighted by Gasteiger charge is -2.02. The second-order valence-corrected chi connectivity index (χ2v) is 3.82. The predicted octanol–water partition coefficient (Wildman–Crippen LogP) is 4.16. The van der Waals surface area contributed by atoms with Crippen LogP contribution in [0.3, 0.4) is 0 Å². The molecule has 1 amide bonds. The number of carbonyl (C=O) groups excluding carboxylic acids is 1. The number of rotatable bonds is 8. The Morgan fingerprint density at radius 2 is 1.50 bits per heavy atom. The van der Waals surface area contributed by atoms with Gasteiger partial charge in [0.25, 0.3) is 0 Å². The van der Waals surface area contributed by atoms with Gasteiger partial charge in [-0.3, -0.25) is 4.79 Å². The van der Waals surface area contributed by atoms with Crippen LogP contribution in [-0.4, -0.2) is 26.2 Å². The lowest BCUT2D eigenvalue weighted by atomic mass is 10.2. The van der Waals surface area contributed by atoms with E-state index < -0.39 is 0 Å². The molecule has 0 spiro atoms. The van der Waals surface area contributed by atoms with Gasteiger partial charge in [0.1, 0.15) is 0 Å². The summed E-state index contributed by atoms with van der Waals surface area (Å²) in [5.74, 6) is 0.150. The molecule has 0 aliphatic rings. The Morgan fingerprint density at radius 3 is 1.94 bits per heavy atom. The molecule has 0 saturated carbocycles. The van der Waals surface area contributed by atoms with Crippen molar-refractivity contribution in [1.82, 2.24) is 5.32 Å². The highest BCUT2D eigenvalue weighted by Crippen LogP contribution is 1.98. The van der Waals surface area contributed by atoms with Crippen LogP contribution in [0.4, 0.5) is 0 Å². The van der Waals surface area contributed by atoms with Crippen molar-refractivity contribution in [2.45, 2.75) is 73.1 Å². The lowest BCUT2D eigenvalue weighted by Crippen LogP contribution is -2.23. The van der Waals surface area contributed by atoms with E-state index in [9.17, 15) is 4.79 Å². The quantitative estimate of drug-likeness (QED) is 0.666. The van der Waals surface area contributed by atoms with Crippen molar-refractivity contribution in [1.29, 1.82) is 0 Å². The maximum Gasteiger partial charge on any atom is 0.219 e. The summed E-state index contributed by atoms with van der Waals surface area (Å²) in [5.41, 5.74) is 0. The SMILES string of the molecule is CC.CCC.CCC(=O)NCCCCCCOC. The maximum absolute atomic E-state index is 10.8. The summed E-state index contributed by atoms with van der Waals surface area (Å²) in [7, 11) is 1.72. The van der Waals surface area contributed by atoms with Gasteiger partial charge in [0.05, 0.1) is 0 Å². The molecule has 0 aromatic rings. The standard InChI is InChI=1S/C10H21NO2.C3H8.C2H6/c1-3-10(12)11-8-6-4-5-7-9-13-2;1-3-2;1-2/h3-9H2,1-2H3,(H,11,12);3H2,1-2H3;1-2H3. The summed E-state index contributed by atoms with van der Waals surface area (Å²) < 4.78 is 4.93. The third kappa shape index (κ3) is 29.5. The Balaban J connectivity index is -0.000000389. The van der Waals surface area contributed by atoms with Crippen molar-refractivity contribution in [3.05, 3.63) is 0 Å². The highest BCUT2D eigenvalue weighted by molar-refractivity contribution is 5.75. The molecule has 1 N–H and O–H groups in total. The number of hydrogen-bond donors (Lipinski definition) is 1. The van der Waals surface area contributed by atoms with E-state index in [1.165, 1.54) is 19.3 Å². The number of nitrogens with one attached hydrogen (secondary N) is 1. The van der Waals surface area contributed by atoms with Crippen LogP contribution in [0.25, 0.3) is 0 Å². The Morgan fingerprint density at radius 1 is 1.00 bits per heavy atom. The summed E-state index contributed by atoms with van der Waals surface area (Å²) >= 11 is 0. The fourth-order valence-corrected chi connectivity index (χ4v) is 1.08. The van der Waals surface area contributed by atoms with Crippen molar-refractivity contribution in [3.8, 4) is 0 Å². The van der Waals surface area contributed by atoms with Crippen LogP contribution in [-0.2, 0) is 9.53 Å². The molecule has 3 heteroatoms. The first-order valence-corrected chi connectivity index (χ1v) is 7.48. The zero-order valence-corrected chi connectivity index (χ0v) is 13.5. The van der Waals surface area contributed by atoms with Gasteiger partial charge in [-0.05, 0) is 12.8 Å². The third-order valence-electron chi connectivity index (χ3n) is 1.92. The molecule has 112 valence electrons. The van der Waals surface area contributed by atoms with Crippen LogP contribution in [0.15, 0.2) is 0 Å². The molecule has 0 rings (SSSR count). The zero-order valence-electron chi connectivity index (χ0n) is 13.5. The third-order valence-corrected chi connectivity index (χ3v) is 1.92. The van der Waals surface area contributed by atoms with Gasteiger partial charge in [0.15, 0.2) is 0 Å². The van der Waals surface area contributed by atoms with Crippen molar-refractivity contribution in [3.63, 3.8) is 0 Å². The summed E-state index contributed by atoms with van der Waals surface area (Å²) in [5, 5.41) is 2.85. The van der Waals surface area contributed by atoms with Gasteiger partial charge in [0.2, 0.25) is 5.91 Å². The molecule has 0 aromatic heterocycles. The highest BCUT2D eigenvalue weighted by atomic mass is 16.5. The van der Waals surface area contributed by atoms with Gasteiger partial charge in [-0.25, -0.2) is 0 Å². The molecular weight excluding hydrogens is 226 g/mol. The van der Waals surface area contributed by atoms with E-state index in [1.807, 2.05) is 20.8 Å². The predicted molar refractivity (Wildman–Crippen MR) is 81.0 cm³/mol. The summed E-state index contributed by atoms with van der Waals surface area (Å²) in [4.78, 5) is 10.8. The second-order valence-electron chi connectivity index (χ2n) is 3.82. The van der Waals surface area contributed by atoms with E-state index in [0.717, 1.165) is 26.0 Å². The number of amides is 1. The van der Waals surface area contributed by atoms with Gasteiger partial charge in [-0.1, -0.05) is 53.9 Å². The van der Waals surface area contributed by atoms with Crippen molar-refractivity contribution in [2.75, 3.05) is 20.3 Å². The average Bonchev–Trinajstić information content (AvgIpc) is 2.40. The van der Waals surface area contributed by atoms with E-state index in [4.69, 9.17) is 4.74 Å². The molecule has 0 unspecified atom stereocenters. The fourth-order valence-electron chi connectivity index (χ4n) is 1.08. The summed E-state index contributed by atoms with van der Waals surface area (Å²) in [6.07, 6.45) is 6.40. The van der Waals surface area contributed by atoms with E-state index in [-0.39, 0.29) is 5.91 Å². The molecule has 0 aromatic carbocycles. The number of hydrogen-bond acceptors (Lipinski definition) is 2. The minimum Gasteiger partial charge on any atom is -0.385 e. The zero-order chi connectivity index (χ0) is 14.6. The van der Waals surface area contributed by atoms with E-state index >= 15 is 0 Å². The van der Waals surface area contributed by atoms with E-state index in [2.05, 4.69) is 19.2 Å². The topological polar surface area (TPSA) is 38.3 Å². The Hall–Kier alpha value is -0.570. The van der Waals surface area contributed by atoms with E-state index in [0.29, 0.717) is 6.42 Å². The summed E-state index contributed by atoms with van der Waals surface area (Å²) in [6.45, 7) is 11.8. The second kappa shape index (κ2) is 25.3. The largest absolute Gasteiger partial charge is 0.385 e. The first-order chi connectivity index (χ1) is 8.72. The average molecular weight is 261 g/mol. The minimum absolute atomic E-state index is 0.150. The van der Waals surface area contributed by atoms with Crippen molar-refractivity contribution < 1.29 is 9.53 Å².